The molecular formula is C9H13BO2. The molecule has 0 radical (unpaired) electrons. The fraction of sp³-hybridized carbons (Fsp3) is 0.111. The number of benzene rings is 1. The summed E-state index contributed by atoms with van der Waals surface area (Å²) in [5, 5.41) is 14.2. The topological polar surface area (TPSA) is 40.5 Å². The van der Waals surface area contributed by atoms with Crippen LogP contribution in [0.25, 0.3) is 0 Å². The first kappa shape index (κ1) is 10.9. The van der Waals surface area contributed by atoms with Crippen molar-refractivity contribution in [1.82, 2.24) is 0 Å². The second kappa shape index (κ2) is 8.05. The molecule has 0 bridgehead atoms. The molecule has 0 aliphatic rings. The molecule has 0 atom stereocenters. The van der Waals surface area contributed by atoms with E-state index < -0.39 is 7.69 Å². The molecule has 3 heteroatoms. The smallest absolute Gasteiger partial charge is 0.430 e. The number of hydrogen-bond acceptors (Lipinski definition) is 2. The molecule has 0 spiro atoms. The lowest BCUT2D eigenvalue weighted by molar-refractivity contribution is 0.448. The molecular weight excluding hydrogens is 151 g/mol. The lowest BCUT2D eigenvalue weighted by Crippen LogP contribution is -1.75. The SMILES string of the molecule is C=CCc1ccccc1.OBO. The summed E-state index contributed by atoms with van der Waals surface area (Å²) in [5.41, 5.74) is 1.33. The zero-order valence-corrected chi connectivity index (χ0v) is 6.98. The molecule has 2 nitrogen and oxygen atoms in total. The van der Waals surface area contributed by atoms with Crippen LogP contribution in [0.1, 0.15) is 5.56 Å². The predicted molar refractivity (Wildman–Crippen MR) is 51.9 cm³/mol. The third kappa shape index (κ3) is 5.71. The Morgan fingerprint density at radius 1 is 1.25 bits per heavy atom. The Hall–Kier alpha value is -1.06. The maximum atomic E-state index is 7.12. The number of hydrogen-bond donors (Lipinski definition) is 2. The Morgan fingerprint density at radius 3 is 2.17 bits per heavy atom. The fourth-order valence-corrected chi connectivity index (χ4v) is 0.781. The van der Waals surface area contributed by atoms with Gasteiger partial charge in [-0.25, -0.2) is 0 Å². The van der Waals surface area contributed by atoms with Gasteiger partial charge in [0.05, 0.1) is 0 Å². The maximum absolute atomic E-state index is 7.12. The van der Waals surface area contributed by atoms with Crippen molar-refractivity contribution in [2.45, 2.75) is 6.42 Å². The monoisotopic (exact) mass is 164 g/mol. The minimum absolute atomic E-state index is 0.750. The van der Waals surface area contributed by atoms with Crippen LogP contribution in [0.15, 0.2) is 43.0 Å². The number of allylic oxidation sites excluding steroid dienone is 1. The summed E-state index contributed by atoms with van der Waals surface area (Å²) in [6, 6.07) is 10.3. The van der Waals surface area contributed by atoms with Crippen molar-refractivity contribution in [3.63, 3.8) is 0 Å². The maximum Gasteiger partial charge on any atom is 0.432 e. The van der Waals surface area contributed by atoms with Gasteiger partial charge in [-0.05, 0) is 12.0 Å². The van der Waals surface area contributed by atoms with Crippen LogP contribution in [0.4, 0.5) is 0 Å². The molecule has 0 amide bonds. The summed E-state index contributed by atoms with van der Waals surface area (Å²) < 4.78 is 0. The summed E-state index contributed by atoms with van der Waals surface area (Å²) in [4.78, 5) is 0. The average molecular weight is 164 g/mol. The van der Waals surface area contributed by atoms with Gasteiger partial charge in [0.15, 0.2) is 0 Å². The van der Waals surface area contributed by atoms with Crippen LogP contribution >= 0.6 is 0 Å². The predicted octanol–water partition coefficient (Wildman–Crippen LogP) is 0.653. The van der Waals surface area contributed by atoms with Crippen molar-refractivity contribution < 1.29 is 10.0 Å². The first-order chi connectivity index (χ1) is 5.85. The van der Waals surface area contributed by atoms with Gasteiger partial charge in [0.25, 0.3) is 0 Å². The lowest BCUT2D eigenvalue weighted by atomic mass is 10.2. The molecule has 2 N–H and O–H groups in total. The average Bonchev–Trinajstić information content (AvgIpc) is 2.08. The lowest BCUT2D eigenvalue weighted by Gasteiger charge is -1.91. The van der Waals surface area contributed by atoms with E-state index in [1.807, 2.05) is 24.3 Å². The Balaban J connectivity index is 0.000000354. The van der Waals surface area contributed by atoms with Crippen LogP contribution in [0, 0.1) is 0 Å². The highest BCUT2D eigenvalue weighted by Gasteiger charge is 1.82. The standard InChI is InChI=1S/C9H10.BH3O2/c1-2-6-9-7-4-3-5-8-9;2-1-3/h2-5,7-8H,1,6H2;1-3H. The van der Waals surface area contributed by atoms with E-state index in [1.165, 1.54) is 5.56 Å². The summed E-state index contributed by atoms with van der Waals surface area (Å²) in [7, 11) is -0.750. The summed E-state index contributed by atoms with van der Waals surface area (Å²) in [6.45, 7) is 3.66. The third-order valence-corrected chi connectivity index (χ3v) is 1.22. The fourth-order valence-electron chi connectivity index (χ4n) is 0.781. The van der Waals surface area contributed by atoms with Crippen LogP contribution in [-0.4, -0.2) is 17.7 Å². The van der Waals surface area contributed by atoms with Gasteiger partial charge in [0.1, 0.15) is 0 Å². The van der Waals surface area contributed by atoms with Crippen LogP contribution in [0.3, 0.4) is 0 Å². The molecule has 64 valence electrons. The Bertz CT molecular complexity index is 199. The summed E-state index contributed by atoms with van der Waals surface area (Å²) >= 11 is 0. The van der Waals surface area contributed by atoms with E-state index in [0.717, 1.165) is 6.42 Å². The van der Waals surface area contributed by atoms with Crippen LogP contribution in [0.5, 0.6) is 0 Å². The molecule has 0 unspecified atom stereocenters. The van der Waals surface area contributed by atoms with Gasteiger partial charge in [0.2, 0.25) is 0 Å². The van der Waals surface area contributed by atoms with Crippen molar-refractivity contribution >= 4 is 7.69 Å². The van der Waals surface area contributed by atoms with Gasteiger partial charge < -0.3 is 10.0 Å². The zero-order valence-electron chi connectivity index (χ0n) is 6.98. The molecule has 0 saturated heterocycles. The van der Waals surface area contributed by atoms with Crippen molar-refractivity contribution in [3.8, 4) is 0 Å². The Morgan fingerprint density at radius 2 is 1.75 bits per heavy atom. The number of rotatable bonds is 2. The van der Waals surface area contributed by atoms with Crippen LogP contribution < -0.4 is 0 Å². The highest BCUT2D eigenvalue weighted by Crippen LogP contribution is 1.98. The highest BCUT2D eigenvalue weighted by molar-refractivity contribution is 6.13. The van der Waals surface area contributed by atoms with Gasteiger partial charge in [0, 0.05) is 0 Å². The van der Waals surface area contributed by atoms with E-state index in [4.69, 9.17) is 10.0 Å². The molecule has 0 aliphatic heterocycles. The van der Waals surface area contributed by atoms with Crippen molar-refractivity contribution in [2.75, 3.05) is 0 Å². The molecule has 1 rings (SSSR count). The quantitative estimate of drug-likeness (QED) is 0.497. The first-order valence-corrected chi connectivity index (χ1v) is 3.71. The minimum Gasteiger partial charge on any atom is -0.430 e. The Kier molecular flexibility index (Phi) is 7.34. The van der Waals surface area contributed by atoms with E-state index in [2.05, 4.69) is 18.7 Å². The van der Waals surface area contributed by atoms with Crippen molar-refractivity contribution in [3.05, 3.63) is 48.6 Å². The molecule has 0 aromatic heterocycles. The van der Waals surface area contributed by atoms with Crippen LogP contribution in [-0.2, 0) is 6.42 Å². The molecule has 0 heterocycles. The molecule has 12 heavy (non-hydrogen) atoms. The molecule has 1 aromatic carbocycles. The van der Waals surface area contributed by atoms with Crippen molar-refractivity contribution in [1.29, 1.82) is 0 Å². The van der Waals surface area contributed by atoms with Crippen molar-refractivity contribution in [2.24, 2.45) is 0 Å². The van der Waals surface area contributed by atoms with E-state index >= 15 is 0 Å². The van der Waals surface area contributed by atoms with Gasteiger partial charge >= 0.3 is 7.69 Å². The third-order valence-electron chi connectivity index (χ3n) is 1.22. The molecule has 0 saturated carbocycles. The zero-order chi connectivity index (χ0) is 9.23. The summed E-state index contributed by atoms with van der Waals surface area (Å²) in [6.07, 6.45) is 2.89. The van der Waals surface area contributed by atoms with Crippen LogP contribution in [0.2, 0.25) is 0 Å². The van der Waals surface area contributed by atoms with E-state index in [-0.39, 0.29) is 0 Å². The van der Waals surface area contributed by atoms with E-state index in [0.29, 0.717) is 0 Å². The molecule has 0 aliphatic carbocycles. The second-order valence-electron chi connectivity index (χ2n) is 2.12. The summed E-state index contributed by atoms with van der Waals surface area (Å²) in [5.74, 6) is 0. The highest BCUT2D eigenvalue weighted by atomic mass is 16.4. The van der Waals surface area contributed by atoms with Gasteiger partial charge in [-0.3, -0.25) is 0 Å². The molecule has 1 aromatic rings. The largest absolute Gasteiger partial charge is 0.432 e. The van der Waals surface area contributed by atoms with Gasteiger partial charge in [-0.15, -0.1) is 6.58 Å². The van der Waals surface area contributed by atoms with E-state index in [9.17, 15) is 0 Å². The second-order valence-corrected chi connectivity index (χ2v) is 2.12. The first-order valence-electron chi connectivity index (χ1n) is 3.71. The Labute approximate surface area is 73.5 Å². The van der Waals surface area contributed by atoms with E-state index in [1.54, 1.807) is 0 Å². The van der Waals surface area contributed by atoms with Gasteiger partial charge in [-0.2, -0.15) is 0 Å². The normalized spacial score (nSPS) is 7.83. The van der Waals surface area contributed by atoms with Gasteiger partial charge in [-0.1, -0.05) is 36.4 Å². The minimum atomic E-state index is -0.750. The molecule has 0 fully saturated rings.